The van der Waals surface area contributed by atoms with E-state index in [9.17, 15) is 9.59 Å². The quantitative estimate of drug-likeness (QED) is 0.389. The lowest BCUT2D eigenvalue weighted by Crippen LogP contribution is -2.25. The lowest BCUT2D eigenvalue weighted by atomic mass is 9.87. The molecule has 3 aromatic carbocycles. The van der Waals surface area contributed by atoms with E-state index in [1.54, 1.807) is 7.11 Å². The van der Waals surface area contributed by atoms with Gasteiger partial charge in [0.1, 0.15) is 12.4 Å². The van der Waals surface area contributed by atoms with Crippen LogP contribution < -0.4 is 14.8 Å². The molecule has 0 bridgehead atoms. The van der Waals surface area contributed by atoms with E-state index >= 15 is 0 Å². The summed E-state index contributed by atoms with van der Waals surface area (Å²) in [4.78, 5) is 25.2. The van der Waals surface area contributed by atoms with E-state index in [4.69, 9.17) is 18.9 Å². The number of benzene rings is 3. The summed E-state index contributed by atoms with van der Waals surface area (Å²) in [6.07, 6.45) is 1.64. The van der Waals surface area contributed by atoms with Crippen LogP contribution in [0.1, 0.15) is 35.1 Å². The molecule has 7 heteroatoms. The Hall–Kier alpha value is -3.84. The number of ketones is 1. The molecule has 2 aliphatic rings. The Bertz CT molecular complexity index is 1300. The number of fused-ring (bicyclic) bond motifs is 1. The minimum atomic E-state index is -0.469. The Morgan fingerprint density at radius 2 is 1.68 bits per heavy atom. The van der Waals surface area contributed by atoms with Crippen LogP contribution in [0.2, 0.25) is 0 Å². The van der Waals surface area contributed by atoms with Gasteiger partial charge in [0.05, 0.1) is 12.0 Å². The van der Waals surface area contributed by atoms with Crippen LogP contribution in [0.15, 0.2) is 60.7 Å². The largest absolute Gasteiger partial charge is 0.454 e. The molecule has 0 aromatic heterocycles. The zero-order chi connectivity index (χ0) is 25.8. The number of amides is 1. The molecule has 1 aliphatic heterocycles. The number of alkyl carbamates (subject to hydrolysis) is 1. The average molecular weight is 502 g/mol. The fourth-order valence-electron chi connectivity index (χ4n) is 4.74. The second-order valence-corrected chi connectivity index (χ2v) is 9.58. The van der Waals surface area contributed by atoms with Crippen molar-refractivity contribution in [3.8, 4) is 22.6 Å². The molecule has 37 heavy (non-hydrogen) atoms. The van der Waals surface area contributed by atoms with Crippen LogP contribution in [0, 0.1) is 6.92 Å². The van der Waals surface area contributed by atoms with Crippen molar-refractivity contribution < 1.29 is 28.5 Å². The van der Waals surface area contributed by atoms with Gasteiger partial charge in [-0.15, -0.1) is 0 Å². The number of hydrogen-bond donors (Lipinski definition) is 1. The average Bonchev–Trinajstić information content (AvgIpc) is 3.60. The molecule has 7 nitrogen and oxygen atoms in total. The second kappa shape index (κ2) is 10.6. The first kappa shape index (κ1) is 24.8. The van der Waals surface area contributed by atoms with Crippen molar-refractivity contribution in [1.29, 1.82) is 0 Å². The van der Waals surface area contributed by atoms with Gasteiger partial charge in [0.15, 0.2) is 11.5 Å². The molecule has 1 saturated carbocycles. The molecule has 0 unspecified atom stereocenters. The number of rotatable bonds is 10. The van der Waals surface area contributed by atoms with Gasteiger partial charge in [0.25, 0.3) is 0 Å². The zero-order valence-electron chi connectivity index (χ0n) is 21.2. The van der Waals surface area contributed by atoms with Crippen LogP contribution in [0.3, 0.4) is 0 Å². The highest BCUT2D eigenvalue weighted by molar-refractivity contribution is 5.95. The number of hydrogen-bond acceptors (Lipinski definition) is 6. The monoisotopic (exact) mass is 501 g/mol. The molecular formula is C30H31NO6. The van der Waals surface area contributed by atoms with E-state index < -0.39 is 11.5 Å². The van der Waals surface area contributed by atoms with E-state index in [0.29, 0.717) is 19.6 Å². The SMILES string of the molecule is COCCOC(=O)NCc1ccc(-c2cc(CC(=O)C3(c4ccc5c(c4)OCO5)CC3)ccc2C)cc1. The number of aryl methyl sites for hydroxylation is 1. The standard InChI is InChI=1S/C30H31NO6/c1-20-3-4-22(16-28(32)30(11-12-30)24-9-10-26-27(17-24)37-19-36-26)15-25(20)23-7-5-21(6-8-23)18-31-29(33)35-14-13-34-2/h3-10,15,17H,11-14,16,18-19H2,1-2H3,(H,31,33). The summed E-state index contributed by atoms with van der Waals surface area (Å²) < 4.78 is 20.8. The molecule has 0 radical (unpaired) electrons. The second-order valence-electron chi connectivity index (χ2n) is 9.58. The van der Waals surface area contributed by atoms with E-state index in [2.05, 4.69) is 24.4 Å². The van der Waals surface area contributed by atoms with Crippen molar-refractivity contribution in [3.63, 3.8) is 0 Å². The number of carbonyl (C=O) groups excluding carboxylic acids is 2. The normalized spacial score (nSPS) is 14.8. The molecular weight excluding hydrogens is 470 g/mol. The first-order valence-corrected chi connectivity index (χ1v) is 12.5. The maximum atomic E-state index is 13.5. The Kier molecular flexibility index (Phi) is 7.15. The van der Waals surface area contributed by atoms with E-state index in [-0.39, 0.29) is 19.2 Å². The lowest BCUT2D eigenvalue weighted by molar-refractivity contribution is -0.120. The number of methoxy groups -OCH3 is 1. The van der Waals surface area contributed by atoms with Gasteiger partial charge in [-0.2, -0.15) is 0 Å². The van der Waals surface area contributed by atoms with Crippen LogP contribution in [0.5, 0.6) is 11.5 Å². The first-order chi connectivity index (χ1) is 18.0. The van der Waals surface area contributed by atoms with Gasteiger partial charge in [-0.05, 0) is 65.3 Å². The van der Waals surface area contributed by atoms with E-state index in [0.717, 1.165) is 57.7 Å². The van der Waals surface area contributed by atoms with Crippen LogP contribution in [-0.2, 0) is 32.6 Å². The minimum absolute atomic E-state index is 0.219. The molecule has 1 aliphatic carbocycles. The topological polar surface area (TPSA) is 83.1 Å². The van der Waals surface area contributed by atoms with Crippen molar-refractivity contribution in [2.24, 2.45) is 0 Å². The third-order valence-corrected chi connectivity index (χ3v) is 7.10. The van der Waals surface area contributed by atoms with Gasteiger partial charge in [-0.25, -0.2) is 4.79 Å². The predicted octanol–water partition coefficient (Wildman–Crippen LogP) is 5.11. The Labute approximate surface area is 216 Å². The van der Waals surface area contributed by atoms with Crippen molar-refractivity contribution >= 4 is 11.9 Å². The Balaban J connectivity index is 1.25. The predicted molar refractivity (Wildman–Crippen MR) is 139 cm³/mol. The fraction of sp³-hybridized carbons (Fsp3) is 0.333. The van der Waals surface area contributed by atoms with Crippen molar-refractivity contribution in [3.05, 3.63) is 82.9 Å². The van der Waals surface area contributed by atoms with Crippen molar-refractivity contribution in [2.75, 3.05) is 27.1 Å². The van der Waals surface area contributed by atoms with Crippen molar-refractivity contribution in [1.82, 2.24) is 5.32 Å². The third kappa shape index (κ3) is 5.47. The molecule has 1 fully saturated rings. The van der Waals surface area contributed by atoms with Gasteiger partial charge >= 0.3 is 6.09 Å². The van der Waals surface area contributed by atoms with Crippen molar-refractivity contribution in [2.45, 2.75) is 38.1 Å². The number of ether oxygens (including phenoxy) is 4. The number of nitrogens with one attached hydrogen (secondary N) is 1. The Morgan fingerprint density at radius 1 is 0.919 bits per heavy atom. The highest BCUT2D eigenvalue weighted by atomic mass is 16.7. The zero-order valence-corrected chi connectivity index (χ0v) is 21.2. The Morgan fingerprint density at radius 3 is 2.43 bits per heavy atom. The number of Topliss-reactive ketones (excluding diaryl/α,β-unsaturated/α-hetero) is 1. The van der Waals surface area contributed by atoms with Gasteiger partial charge in [0.2, 0.25) is 6.79 Å². The lowest BCUT2D eigenvalue weighted by Gasteiger charge is -2.16. The van der Waals surface area contributed by atoms with Crippen LogP contribution >= 0.6 is 0 Å². The van der Waals surface area contributed by atoms with Crippen LogP contribution in [0.25, 0.3) is 11.1 Å². The molecule has 0 spiro atoms. The summed E-state index contributed by atoms with van der Waals surface area (Å²) in [6, 6.07) is 20.1. The molecule has 0 saturated heterocycles. The maximum Gasteiger partial charge on any atom is 0.407 e. The molecule has 192 valence electrons. The summed E-state index contributed by atoms with van der Waals surface area (Å²) in [5.74, 6) is 1.69. The van der Waals surface area contributed by atoms with Gasteiger partial charge in [0, 0.05) is 20.1 Å². The smallest absolute Gasteiger partial charge is 0.407 e. The number of carbonyl (C=O) groups is 2. The fourth-order valence-corrected chi connectivity index (χ4v) is 4.74. The maximum absolute atomic E-state index is 13.5. The molecule has 1 N–H and O–H groups in total. The first-order valence-electron chi connectivity index (χ1n) is 12.5. The molecule has 1 heterocycles. The van der Waals surface area contributed by atoms with Crippen LogP contribution in [0.4, 0.5) is 4.79 Å². The van der Waals surface area contributed by atoms with E-state index in [1.807, 2.05) is 48.5 Å². The summed E-state index contributed by atoms with van der Waals surface area (Å²) >= 11 is 0. The minimum Gasteiger partial charge on any atom is -0.454 e. The molecule has 0 atom stereocenters. The van der Waals surface area contributed by atoms with E-state index in [1.165, 1.54) is 0 Å². The van der Waals surface area contributed by atoms with Gasteiger partial charge < -0.3 is 24.3 Å². The highest BCUT2D eigenvalue weighted by Crippen LogP contribution is 2.51. The summed E-state index contributed by atoms with van der Waals surface area (Å²) in [5.41, 5.74) is 5.86. The summed E-state index contributed by atoms with van der Waals surface area (Å²) in [6.45, 7) is 3.26. The van der Waals surface area contributed by atoms with Gasteiger partial charge in [-0.1, -0.05) is 48.5 Å². The molecule has 5 rings (SSSR count). The van der Waals surface area contributed by atoms with Gasteiger partial charge in [-0.3, -0.25) is 4.79 Å². The molecule has 1 amide bonds. The summed E-state index contributed by atoms with van der Waals surface area (Å²) in [7, 11) is 1.56. The molecule has 3 aromatic rings. The summed E-state index contributed by atoms with van der Waals surface area (Å²) in [5, 5.41) is 2.74. The van der Waals surface area contributed by atoms with Crippen LogP contribution in [-0.4, -0.2) is 39.0 Å². The highest BCUT2D eigenvalue weighted by Gasteiger charge is 2.50. The third-order valence-electron chi connectivity index (χ3n) is 7.10.